The van der Waals surface area contributed by atoms with E-state index >= 15 is 0 Å². The Labute approximate surface area is 146 Å². The van der Waals surface area contributed by atoms with Gasteiger partial charge in [-0.1, -0.05) is 29.8 Å². The van der Waals surface area contributed by atoms with Gasteiger partial charge < -0.3 is 10.4 Å². The van der Waals surface area contributed by atoms with E-state index in [0.29, 0.717) is 23.5 Å². The van der Waals surface area contributed by atoms with E-state index < -0.39 is 0 Å². The molecular weight excluding hydrogens is 314 g/mol. The van der Waals surface area contributed by atoms with Gasteiger partial charge in [0.15, 0.2) is 0 Å². The van der Waals surface area contributed by atoms with Gasteiger partial charge >= 0.3 is 0 Å². The maximum atomic E-state index is 12.3. The molecule has 25 heavy (non-hydrogen) atoms. The molecule has 3 rings (SSSR count). The monoisotopic (exact) mass is 335 g/mol. The lowest BCUT2D eigenvalue weighted by molar-refractivity contribution is 0.0946. The Morgan fingerprint density at radius 2 is 1.76 bits per heavy atom. The van der Waals surface area contributed by atoms with Crippen molar-refractivity contribution in [2.45, 2.75) is 27.3 Å². The number of nitrogens with zero attached hydrogens (tertiary/aromatic N) is 1. The number of hydrogen-bond donors (Lipinski definition) is 3. The van der Waals surface area contributed by atoms with Gasteiger partial charge in [0.2, 0.25) is 0 Å². The number of phenols is 1. The molecule has 128 valence electrons. The molecule has 0 radical (unpaired) electrons. The summed E-state index contributed by atoms with van der Waals surface area (Å²) in [7, 11) is 0. The molecule has 5 nitrogen and oxygen atoms in total. The summed E-state index contributed by atoms with van der Waals surface area (Å²) in [4.78, 5) is 12.3. The number of aromatic amines is 1. The molecule has 1 amide bonds. The zero-order valence-electron chi connectivity index (χ0n) is 14.6. The number of nitrogens with one attached hydrogen (secondary N) is 2. The highest BCUT2D eigenvalue weighted by Crippen LogP contribution is 2.30. The minimum atomic E-state index is -0.234. The molecule has 0 atom stereocenters. The molecule has 3 N–H and O–H groups in total. The number of aromatic hydroxyl groups is 1. The van der Waals surface area contributed by atoms with Crippen LogP contribution in [0.5, 0.6) is 5.75 Å². The summed E-state index contributed by atoms with van der Waals surface area (Å²) in [5.41, 5.74) is 5.79. The molecule has 5 heteroatoms. The van der Waals surface area contributed by atoms with Gasteiger partial charge in [-0.3, -0.25) is 9.89 Å². The minimum Gasteiger partial charge on any atom is -0.507 e. The number of amides is 1. The van der Waals surface area contributed by atoms with Crippen molar-refractivity contribution in [3.63, 3.8) is 0 Å². The Hall–Kier alpha value is -3.08. The fourth-order valence-corrected chi connectivity index (χ4v) is 2.57. The molecule has 0 aliphatic carbocycles. The lowest BCUT2D eigenvalue weighted by Crippen LogP contribution is -2.23. The molecule has 1 aromatic heterocycles. The highest BCUT2D eigenvalue weighted by atomic mass is 16.3. The number of benzene rings is 2. The number of aromatic nitrogens is 2. The van der Waals surface area contributed by atoms with Crippen molar-refractivity contribution >= 4 is 5.91 Å². The summed E-state index contributed by atoms with van der Waals surface area (Å²) in [6.07, 6.45) is 0. The lowest BCUT2D eigenvalue weighted by Gasteiger charge is -2.06. The Kier molecular flexibility index (Phi) is 4.57. The van der Waals surface area contributed by atoms with E-state index in [1.165, 1.54) is 5.56 Å². The summed E-state index contributed by atoms with van der Waals surface area (Å²) < 4.78 is 0. The van der Waals surface area contributed by atoms with Gasteiger partial charge in [0.25, 0.3) is 5.91 Å². The third-order valence-corrected chi connectivity index (χ3v) is 4.28. The van der Waals surface area contributed by atoms with Crippen molar-refractivity contribution in [3.8, 4) is 17.0 Å². The van der Waals surface area contributed by atoms with Crippen LogP contribution < -0.4 is 5.32 Å². The molecule has 0 aliphatic rings. The SMILES string of the molecule is Cc1ccc(CNC(=O)c2cc(-c3cc(C)c(C)cc3O)n[nH]2)cc1. The average molecular weight is 335 g/mol. The quantitative estimate of drug-likeness (QED) is 0.681. The standard InChI is InChI=1S/C20H21N3O2/c1-12-4-6-15(7-5-12)11-21-20(25)18-10-17(22-23-18)16-8-13(2)14(3)9-19(16)24/h4-10,24H,11H2,1-3H3,(H,21,25)(H,22,23). The second-order valence-corrected chi connectivity index (χ2v) is 6.29. The molecule has 0 saturated heterocycles. The van der Waals surface area contributed by atoms with Gasteiger partial charge in [-0.15, -0.1) is 0 Å². The number of phenolic OH excluding ortho intramolecular Hbond substituents is 1. The van der Waals surface area contributed by atoms with Gasteiger partial charge in [0.05, 0.1) is 5.69 Å². The highest BCUT2D eigenvalue weighted by molar-refractivity contribution is 5.93. The summed E-state index contributed by atoms with van der Waals surface area (Å²) in [6, 6.07) is 13.2. The van der Waals surface area contributed by atoms with Crippen LogP contribution in [0.3, 0.4) is 0 Å². The number of aryl methyl sites for hydroxylation is 3. The van der Waals surface area contributed by atoms with Gasteiger partial charge in [-0.2, -0.15) is 5.10 Å². The van der Waals surface area contributed by atoms with Crippen LogP contribution in [-0.2, 0) is 6.54 Å². The van der Waals surface area contributed by atoms with E-state index in [1.807, 2.05) is 51.1 Å². The van der Waals surface area contributed by atoms with E-state index in [2.05, 4.69) is 15.5 Å². The first-order valence-electron chi connectivity index (χ1n) is 8.14. The van der Waals surface area contributed by atoms with Crippen molar-refractivity contribution in [1.82, 2.24) is 15.5 Å². The minimum absolute atomic E-state index is 0.154. The number of rotatable bonds is 4. The predicted octanol–water partition coefficient (Wildman–Crippen LogP) is 3.64. The van der Waals surface area contributed by atoms with E-state index in [0.717, 1.165) is 16.7 Å². The molecular formula is C20H21N3O2. The van der Waals surface area contributed by atoms with Crippen LogP contribution in [0.15, 0.2) is 42.5 Å². The maximum absolute atomic E-state index is 12.3. The Balaban J connectivity index is 1.73. The molecule has 3 aromatic rings. The average Bonchev–Trinajstić information content (AvgIpc) is 3.07. The highest BCUT2D eigenvalue weighted by Gasteiger charge is 2.14. The van der Waals surface area contributed by atoms with Crippen LogP contribution in [0.4, 0.5) is 0 Å². The van der Waals surface area contributed by atoms with Gasteiger partial charge in [0.1, 0.15) is 11.4 Å². The fourth-order valence-electron chi connectivity index (χ4n) is 2.57. The topological polar surface area (TPSA) is 78.0 Å². The first-order valence-corrected chi connectivity index (χ1v) is 8.14. The summed E-state index contributed by atoms with van der Waals surface area (Å²) in [5, 5.41) is 19.9. The Morgan fingerprint density at radius 1 is 1.08 bits per heavy atom. The van der Waals surface area contributed by atoms with Crippen molar-refractivity contribution in [2.75, 3.05) is 0 Å². The van der Waals surface area contributed by atoms with Crippen molar-refractivity contribution < 1.29 is 9.90 Å². The number of carbonyl (C=O) groups excluding carboxylic acids is 1. The van der Waals surface area contributed by atoms with Gasteiger partial charge in [-0.25, -0.2) is 0 Å². The Bertz CT molecular complexity index is 911. The fraction of sp³-hybridized carbons (Fsp3) is 0.200. The van der Waals surface area contributed by atoms with Crippen molar-refractivity contribution in [3.05, 3.63) is 70.4 Å². The molecule has 0 spiro atoms. The van der Waals surface area contributed by atoms with Crippen LogP contribution in [0.25, 0.3) is 11.3 Å². The normalized spacial score (nSPS) is 10.7. The summed E-state index contributed by atoms with van der Waals surface area (Å²) in [6.45, 7) is 6.38. The third-order valence-electron chi connectivity index (χ3n) is 4.28. The number of hydrogen-bond acceptors (Lipinski definition) is 3. The maximum Gasteiger partial charge on any atom is 0.269 e. The van der Waals surface area contributed by atoms with Crippen molar-refractivity contribution in [1.29, 1.82) is 0 Å². The van der Waals surface area contributed by atoms with Crippen molar-refractivity contribution in [2.24, 2.45) is 0 Å². The van der Waals surface area contributed by atoms with Crippen LogP contribution >= 0.6 is 0 Å². The van der Waals surface area contributed by atoms with E-state index in [1.54, 1.807) is 12.1 Å². The van der Waals surface area contributed by atoms with Gasteiger partial charge in [-0.05, 0) is 55.7 Å². The van der Waals surface area contributed by atoms with Crippen LogP contribution in [0.2, 0.25) is 0 Å². The zero-order chi connectivity index (χ0) is 18.0. The zero-order valence-corrected chi connectivity index (χ0v) is 14.6. The Morgan fingerprint density at radius 3 is 2.48 bits per heavy atom. The molecule has 2 aromatic carbocycles. The number of H-pyrrole nitrogens is 1. The second-order valence-electron chi connectivity index (χ2n) is 6.29. The molecule has 0 unspecified atom stereocenters. The first-order chi connectivity index (χ1) is 11.9. The van der Waals surface area contributed by atoms with E-state index in [-0.39, 0.29) is 11.7 Å². The van der Waals surface area contributed by atoms with E-state index in [4.69, 9.17) is 0 Å². The van der Waals surface area contributed by atoms with Crippen LogP contribution in [-0.4, -0.2) is 21.2 Å². The molecule has 0 aliphatic heterocycles. The summed E-state index contributed by atoms with van der Waals surface area (Å²) in [5.74, 6) is -0.0798. The molecule has 0 saturated carbocycles. The summed E-state index contributed by atoms with van der Waals surface area (Å²) >= 11 is 0. The predicted molar refractivity (Wildman–Crippen MR) is 97.5 cm³/mol. The molecule has 1 heterocycles. The largest absolute Gasteiger partial charge is 0.507 e. The van der Waals surface area contributed by atoms with Crippen LogP contribution in [0, 0.1) is 20.8 Å². The smallest absolute Gasteiger partial charge is 0.269 e. The first kappa shape index (κ1) is 16.8. The third kappa shape index (κ3) is 3.71. The van der Waals surface area contributed by atoms with Gasteiger partial charge in [0, 0.05) is 12.1 Å². The molecule has 0 fully saturated rings. The van der Waals surface area contributed by atoms with E-state index in [9.17, 15) is 9.90 Å². The number of carbonyl (C=O) groups is 1. The molecule has 0 bridgehead atoms. The lowest BCUT2D eigenvalue weighted by atomic mass is 10.0. The van der Waals surface area contributed by atoms with Crippen LogP contribution in [0.1, 0.15) is 32.7 Å². The second kappa shape index (κ2) is 6.81.